The molecule has 0 fully saturated rings. The Kier molecular flexibility index (Phi) is 7.49. The van der Waals surface area contributed by atoms with Gasteiger partial charge in [0.2, 0.25) is 0 Å². The highest BCUT2D eigenvalue weighted by Crippen LogP contribution is 2.43. The summed E-state index contributed by atoms with van der Waals surface area (Å²) in [4.78, 5) is 0. The molecule has 0 saturated heterocycles. The Hall–Kier alpha value is -7.16. The number of allylic oxidation sites excluding steroid dienone is 4. The van der Waals surface area contributed by atoms with Gasteiger partial charge in [0, 0.05) is 21.5 Å². The van der Waals surface area contributed by atoms with Crippen molar-refractivity contribution < 1.29 is 8.83 Å². The van der Waals surface area contributed by atoms with E-state index in [-0.39, 0.29) is 0 Å². The van der Waals surface area contributed by atoms with E-state index in [1.54, 1.807) is 6.08 Å². The summed E-state index contributed by atoms with van der Waals surface area (Å²) in [6, 6.07) is 58.0. The molecule has 0 saturated carbocycles. The van der Waals surface area contributed by atoms with Crippen molar-refractivity contribution in [1.82, 2.24) is 0 Å². The van der Waals surface area contributed by atoms with Gasteiger partial charge in [-0.15, -0.1) is 0 Å². The maximum Gasteiger partial charge on any atom is 0.147 e. The van der Waals surface area contributed by atoms with Crippen LogP contribution in [0.5, 0.6) is 0 Å². The standard InChI is InChI=1S/C52H34O2/c1-3-4-15-33(2)36-16-7-5-6-8-17-42(40-20-11-9-18-38(36)40)43-30-29-37(39-19-10-12-21-41(39)43)35-26-31-49-47(32-35)46-28-25-34-24-27-45-44-22-13-14-23-48(44)53-51(45)50(34)52(46)54-49/h3-32H,1-2H2/b6-5?,7-5?,8-6?,15-4-,16-7?,17-8?,36-16?,38-36?,42-17?,42-40?. The van der Waals surface area contributed by atoms with Crippen molar-refractivity contribution >= 4 is 81.8 Å². The molecule has 8 aromatic carbocycles. The molecule has 0 radical (unpaired) electrons. The number of furan rings is 2. The quantitative estimate of drug-likeness (QED) is 0.168. The van der Waals surface area contributed by atoms with Crippen LogP contribution in [0, 0.1) is 0 Å². The van der Waals surface area contributed by atoms with Gasteiger partial charge in [0.05, 0.1) is 5.39 Å². The Morgan fingerprint density at radius 2 is 1.00 bits per heavy atom. The van der Waals surface area contributed by atoms with E-state index in [2.05, 4.69) is 165 Å². The van der Waals surface area contributed by atoms with Gasteiger partial charge in [-0.3, -0.25) is 0 Å². The van der Waals surface area contributed by atoms with Crippen LogP contribution >= 0.6 is 0 Å². The fourth-order valence-corrected chi connectivity index (χ4v) is 8.12. The first-order valence-electron chi connectivity index (χ1n) is 18.2. The second-order valence-electron chi connectivity index (χ2n) is 13.7. The molecular formula is C52H34O2. The average Bonchev–Trinajstić information content (AvgIpc) is 3.79. The molecule has 0 spiro atoms. The van der Waals surface area contributed by atoms with E-state index < -0.39 is 0 Å². The van der Waals surface area contributed by atoms with Gasteiger partial charge in [0.25, 0.3) is 0 Å². The number of benzene rings is 7. The monoisotopic (exact) mass is 690 g/mol. The summed E-state index contributed by atoms with van der Waals surface area (Å²) < 4.78 is 13.1. The molecule has 2 nitrogen and oxygen atoms in total. The predicted molar refractivity (Wildman–Crippen MR) is 230 cm³/mol. The van der Waals surface area contributed by atoms with E-state index in [4.69, 9.17) is 8.83 Å². The zero-order valence-electron chi connectivity index (χ0n) is 29.6. The van der Waals surface area contributed by atoms with Gasteiger partial charge < -0.3 is 8.83 Å². The van der Waals surface area contributed by atoms with E-state index in [1.165, 1.54) is 21.9 Å². The van der Waals surface area contributed by atoms with Gasteiger partial charge in [0.1, 0.15) is 22.3 Å². The molecule has 2 heteroatoms. The van der Waals surface area contributed by atoms with Gasteiger partial charge in [-0.2, -0.15) is 0 Å². The summed E-state index contributed by atoms with van der Waals surface area (Å²) in [5, 5.41) is 11.1. The van der Waals surface area contributed by atoms with Crippen LogP contribution in [-0.4, -0.2) is 0 Å². The summed E-state index contributed by atoms with van der Waals surface area (Å²) in [6.07, 6.45) is 5.73. The lowest BCUT2D eigenvalue weighted by molar-refractivity contribution is 0.663. The maximum atomic E-state index is 6.67. The Balaban J connectivity index is 1.18. The Morgan fingerprint density at radius 1 is 0.444 bits per heavy atom. The minimum absolute atomic E-state index is 0.852. The van der Waals surface area contributed by atoms with E-state index in [9.17, 15) is 0 Å². The molecule has 0 aliphatic rings. The zero-order valence-corrected chi connectivity index (χ0v) is 29.6. The number of hydrogen-bond acceptors (Lipinski definition) is 2. The molecule has 0 atom stereocenters. The van der Waals surface area contributed by atoms with Crippen molar-refractivity contribution in [3.05, 3.63) is 201 Å². The zero-order chi connectivity index (χ0) is 36.2. The van der Waals surface area contributed by atoms with Crippen molar-refractivity contribution in [3.63, 3.8) is 0 Å². The van der Waals surface area contributed by atoms with Gasteiger partial charge >= 0.3 is 0 Å². The van der Waals surface area contributed by atoms with Crippen molar-refractivity contribution in [3.8, 4) is 22.3 Å². The van der Waals surface area contributed by atoms with E-state index in [0.29, 0.717) is 0 Å². The van der Waals surface area contributed by atoms with Crippen LogP contribution < -0.4 is 0 Å². The molecule has 10 rings (SSSR count). The third kappa shape index (κ3) is 5.03. The number of rotatable bonds is 5. The summed E-state index contributed by atoms with van der Waals surface area (Å²) >= 11 is 0. The summed E-state index contributed by atoms with van der Waals surface area (Å²) in [7, 11) is 0. The summed E-state index contributed by atoms with van der Waals surface area (Å²) in [5.41, 5.74) is 10.1. The number of fused-ring (bicyclic) bond motifs is 11. The van der Waals surface area contributed by atoms with E-state index in [1.807, 2.05) is 24.3 Å². The second-order valence-corrected chi connectivity index (χ2v) is 13.7. The largest absolute Gasteiger partial charge is 0.455 e. The lowest BCUT2D eigenvalue weighted by Gasteiger charge is -2.14. The lowest BCUT2D eigenvalue weighted by Crippen LogP contribution is -1.88. The predicted octanol–water partition coefficient (Wildman–Crippen LogP) is 15.2. The highest BCUT2D eigenvalue weighted by atomic mass is 16.3. The molecule has 0 N–H and O–H groups in total. The average molecular weight is 691 g/mol. The minimum atomic E-state index is 0.852. The number of para-hydroxylation sites is 1. The van der Waals surface area contributed by atoms with Gasteiger partial charge in [-0.05, 0) is 90.7 Å². The SMILES string of the molecule is C=C/C=C\C(=C)c1ccccccc(-c2ccc(-c3ccc4oc5c(ccc6ccc7c8ccccc8oc7c65)c4c3)c3ccccc23)c2ccccc12. The van der Waals surface area contributed by atoms with Gasteiger partial charge in [0.15, 0.2) is 0 Å². The molecule has 0 bridgehead atoms. The van der Waals surface area contributed by atoms with Crippen molar-refractivity contribution in [2.75, 3.05) is 0 Å². The molecule has 0 amide bonds. The Morgan fingerprint density at radius 3 is 1.74 bits per heavy atom. The highest BCUT2D eigenvalue weighted by molar-refractivity contribution is 6.25. The van der Waals surface area contributed by atoms with Crippen molar-refractivity contribution in [2.45, 2.75) is 0 Å². The van der Waals surface area contributed by atoms with E-state index in [0.717, 1.165) is 87.7 Å². The Bertz CT molecular complexity index is 3260. The summed E-state index contributed by atoms with van der Waals surface area (Å²) in [5.74, 6) is 0. The first-order valence-corrected chi connectivity index (χ1v) is 18.2. The van der Waals surface area contributed by atoms with Crippen molar-refractivity contribution in [2.24, 2.45) is 0 Å². The van der Waals surface area contributed by atoms with Crippen LogP contribution in [0.15, 0.2) is 204 Å². The second kappa shape index (κ2) is 12.8. The first-order chi connectivity index (χ1) is 26.7. The van der Waals surface area contributed by atoms with Crippen molar-refractivity contribution in [1.29, 1.82) is 0 Å². The number of hydrogen-bond donors (Lipinski definition) is 0. The first kappa shape index (κ1) is 31.6. The van der Waals surface area contributed by atoms with Crippen LogP contribution in [0.25, 0.3) is 104 Å². The maximum absolute atomic E-state index is 6.67. The molecule has 0 unspecified atom stereocenters. The molecular weight excluding hydrogens is 657 g/mol. The third-order valence-electron chi connectivity index (χ3n) is 10.6. The molecule has 254 valence electrons. The topological polar surface area (TPSA) is 26.3 Å². The van der Waals surface area contributed by atoms with Crippen LogP contribution in [0.2, 0.25) is 0 Å². The minimum Gasteiger partial charge on any atom is -0.455 e. The van der Waals surface area contributed by atoms with Gasteiger partial charge in [-0.1, -0.05) is 165 Å². The van der Waals surface area contributed by atoms with Crippen LogP contribution in [0.3, 0.4) is 0 Å². The molecule has 0 aliphatic heterocycles. The lowest BCUT2D eigenvalue weighted by atomic mass is 9.89. The highest BCUT2D eigenvalue weighted by Gasteiger charge is 2.18. The van der Waals surface area contributed by atoms with E-state index >= 15 is 0 Å². The fourth-order valence-electron chi connectivity index (χ4n) is 8.12. The van der Waals surface area contributed by atoms with Gasteiger partial charge in [-0.25, -0.2) is 0 Å². The van der Waals surface area contributed by atoms with Crippen LogP contribution in [-0.2, 0) is 0 Å². The summed E-state index contributed by atoms with van der Waals surface area (Å²) in [6.45, 7) is 8.28. The molecule has 54 heavy (non-hydrogen) atoms. The molecule has 2 aromatic heterocycles. The third-order valence-corrected chi connectivity index (χ3v) is 10.6. The normalized spacial score (nSPS) is 11.8. The van der Waals surface area contributed by atoms with Crippen LogP contribution in [0.1, 0.15) is 5.56 Å². The molecule has 2 heterocycles. The van der Waals surface area contributed by atoms with Crippen LogP contribution in [0.4, 0.5) is 0 Å². The molecule has 10 aromatic rings. The smallest absolute Gasteiger partial charge is 0.147 e. The fraction of sp³-hybridized carbons (Fsp3) is 0. The molecule has 0 aliphatic carbocycles. The Labute approximate surface area is 312 Å².